The van der Waals surface area contributed by atoms with Crippen molar-refractivity contribution in [3.05, 3.63) is 34.9 Å². The van der Waals surface area contributed by atoms with Gasteiger partial charge in [-0.3, -0.25) is 0 Å². The zero-order valence-corrected chi connectivity index (χ0v) is 10.4. The molecule has 1 atom stereocenters. The maximum atomic E-state index is 11.6. The molecule has 0 spiro atoms. The highest BCUT2D eigenvalue weighted by molar-refractivity contribution is 7.88. The van der Waals surface area contributed by atoms with Crippen molar-refractivity contribution in [2.45, 2.75) is 18.7 Å². The van der Waals surface area contributed by atoms with E-state index in [2.05, 4.69) is 4.72 Å². The fraction of sp³-hybridized carbons (Fsp3) is 0.400. The Bertz CT molecular complexity index is 447. The molecule has 90 valence electrons. The Kier molecular flexibility index (Phi) is 4.73. The Labute approximate surface area is 100 Å². The number of aliphatic hydroxyl groups is 1. The van der Waals surface area contributed by atoms with Crippen LogP contribution in [0.3, 0.4) is 0 Å². The summed E-state index contributed by atoms with van der Waals surface area (Å²) in [5.74, 6) is -0.184. The van der Waals surface area contributed by atoms with Crippen molar-refractivity contribution in [3.8, 4) is 0 Å². The van der Waals surface area contributed by atoms with Gasteiger partial charge in [0.05, 0.1) is 12.4 Å². The molecule has 0 amide bonds. The van der Waals surface area contributed by atoms with E-state index in [-0.39, 0.29) is 12.4 Å². The molecule has 0 aliphatic rings. The number of aliphatic hydroxyl groups excluding tert-OH is 1. The molecule has 4 nitrogen and oxygen atoms in total. The minimum absolute atomic E-state index is 0.184. The van der Waals surface area contributed by atoms with Crippen LogP contribution < -0.4 is 4.72 Å². The second-order valence-electron chi connectivity index (χ2n) is 3.55. The zero-order valence-electron chi connectivity index (χ0n) is 8.85. The third kappa shape index (κ3) is 4.09. The molecule has 16 heavy (non-hydrogen) atoms. The molecule has 0 fully saturated rings. The summed E-state index contributed by atoms with van der Waals surface area (Å²) in [4.78, 5) is 0. The summed E-state index contributed by atoms with van der Waals surface area (Å²) in [7, 11) is -3.46. The molecule has 6 heteroatoms. The average Bonchev–Trinajstić information content (AvgIpc) is 2.20. The van der Waals surface area contributed by atoms with E-state index >= 15 is 0 Å². The molecular formula is C10H14ClNO3S. The van der Waals surface area contributed by atoms with Gasteiger partial charge in [-0.25, -0.2) is 13.1 Å². The highest BCUT2D eigenvalue weighted by Crippen LogP contribution is 2.17. The monoisotopic (exact) mass is 263 g/mol. The van der Waals surface area contributed by atoms with Crippen molar-refractivity contribution >= 4 is 21.6 Å². The van der Waals surface area contributed by atoms with Gasteiger partial charge in [0.2, 0.25) is 10.0 Å². The first kappa shape index (κ1) is 13.4. The average molecular weight is 264 g/mol. The summed E-state index contributed by atoms with van der Waals surface area (Å²) in [6.45, 7) is 1.35. The topological polar surface area (TPSA) is 66.4 Å². The summed E-state index contributed by atoms with van der Waals surface area (Å²) in [6.07, 6.45) is 0. The number of rotatable bonds is 5. The Morgan fingerprint density at radius 1 is 1.44 bits per heavy atom. The molecule has 1 aromatic carbocycles. The fourth-order valence-corrected chi connectivity index (χ4v) is 2.92. The number of hydrogen-bond donors (Lipinski definition) is 2. The first-order chi connectivity index (χ1) is 7.44. The Balaban J connectivity index is 2.77. The molecular weight excluding hydrogens is 250 g/mol. The molecule has 0 aliphatic carbocycles. The summed E-state index contributed by atoms with van der Waals surface area (Å²) in [5, 5.41) is 9.19. The molecule has 0 heterocycles. The summed E-state index contributed by atoms with van der Waals surface area (Å²) < 4.78 is 25.6. The van der Waals surface area contributed by atoms with E-state index < -0.39 is 16.1 Å². The molecule has 0 unspecified atom stereocenters. The molecule has 0 bridgehead atoms. The Morgan fingerprint density at radius 2 is 2.06 bits per heavy atom. The Morgan fingerprint density at radius 3 is 2.62 bits per heavy atom. The second-order valence-corrected chi connectivity index (χ2v) is 5.71. The molecule has 1 aromatic rings. The third-order valence-corrected chi connectivity index (χ3v) is 3.78. The maximum absolute atomic E-state index is 11.6. The van der Waals surface area contributed by atoms with Crippen LogP contribution in [0.15, 0.2) is 24.3 Å². The highest BCUT2D eigenvalue weighted by atomic mass is 35.5. The van der Waals surface area contributed by atoms with Gasteiger partial charge in [-0.1, -0.05) is 29.8 Å². The van der Waals surface area contributed by atoms with Gasteiger partial charge >= 0.3 is 0 Å². The molecule has 0 aliphatic heterocycles. The number of sulfonamides is 1. The van der Waals surface area contributed by atoms with Gasteiger partial charge in [0, 0.05) is 11.1 Å². The summed E-state index contributed by atoms with van der Waals surface area (Å²) >= 11 is 5.86. The Hall–Kier alpha value is -0.620. The number of halogens is 1. The zero-order chi connectivity index (χ0) is 12.2. The third-order valence-electron chi connectivity index (χ3n) is 1.96. The van der Waals surface area contributed by atoms with Crippen LogP contribution in [0.5, 0.6) is 0 Å². The molecule has 0 radical (unpaired) electrons. The van der Waals surface area contributed by atoms with E-state index in [0.717, 1.165) is 0 Å². The lowest BCUT2D eigenvalue weighted by Gasteiger charge is -2.11. The van der Waals surface area contributed by atoms with Gasteiger partial charge in [0.1, 0.15) is 0 Å². The summed E-state index contributed by atoms with van der Waals surface area (Å²) in [6, 6.07) is 6.27. The van der Waals surface area contributed by atoms with Gasteiger partial charge in [0.25, 0.3) is 0 Å². The van der Waals surface area contributed by atoms with Crippen LogP contribution in [0.1, 0.15) is 12.5 Å². The second kappa shape index (κ2) is 5.63. The van der Waals surface area contributed by atoms with Crippen LogP contribution >= 0.6 is 11.6 Å². The van der Waals surface area contributed by atoms with Gasteiger partial charge < -0.3 is 5.11 Å². The van der Waals surface area contributed by atoms with Gasteiger partial charge in [-0.15, -0.1) is 0 Å². The van der Waals surface area contributed by atoms with E-state index in [4.69, 9.17) is 16.7 Å². The number of nitrogens with one attached hydrogen (secondary N) is 1. The number of benzene rings is 1. The largest absolute Gasteiger partial charge is 0.395 e. The van der Waals surface area contributed by atoms with Crippen molar-refractivity contribution in [3.63, 3.8) is 0 Å². The van der Waals surface area contributed by atoms with Gasteiger partial charge in [-0.2, -0.15) is 0 Å². The normalized spacial score (nSPS) is 13.7. The van der Waals surface area contributed by atoms with E-state index in [9.17, 15) is 8.42 Å². The predicted octanol–water partition coefficient (Wildman–Crippen LogP) is 1.14. The van der Waals surface area contributed by atoms with E-state index in [1.807, 2.05) is 0 Å². The molecule has 0 saturated carbocycles. The molecule has 0 aromatic heterocycles. The first-order valence-electron chi connectivity index (χ1n) is 4.79. The van der Waals surface area contributed by atoms with Crippen molar-refractivity contribution in [1.29, 1.82) is 0 Å². The van der Waals surface area contributed by atoms with Crippen LogP contribution in [-0.4, -0.2) is 26.2 Å². The smallest absolute Gasteiger partial charge is 0.216 e. The fourth-order valence-electron chi connectivity index (χ4n) is 1.21. The maximum Gasteiger partial charge on any atom is 0.216 e. The van der Waals surface area contributed by atoms with E-state index in [1.165, 1.54) is 0 Å². The van der Waals surface area contributed by atoms with Crippen molar-refractivity contribution in [2.75, 3.05) is 6.61 Å². The molecule has 2 N–H and O–H groups in total. The van der Waals surface area contributed by atoms with Gasteiger partial charge in [-0.05, 0) is 18.6 Å². The van der Waals surface area contributed by atoms with Crippen LogP contribution in [0.2, 0.25) is 5.02 Å². The van der Waals surface area contributed by atoms with Crippen LogP contribution in [-0.2, 0) is 15.8 Å². The predicted molar refractivity (Wildman–Crippen MR) is 63.8 cm³/mol. The lowest BCUT2D eigenvalue weighted by Crippen LogP contribution is -2.35. The van der Waals surface area contributed by atoms with Gasteiger partial charge in [0.15, 0.2) is 0 Å². The van der Waals surface area contributed by atoms with Crippen LogP contribution in [0.25, 0.3) is 0 Å². The van der Waals surface area contributed by atoms with Crippen molar-refractivity contribution in [2.24, 2.45) is 0 Å². The van der Waals surface area contributed by atoms with Crippen molar-refractivity contribution in [1.82, 2.24) is 4.72 Å². The SMILES string of the molecule is C[C@@H](CO)NS(=O)(=O)Cc1ccccc1Cl. The summed E-state index contributed by atoms with van der Waals surface area (Å²) in [5.41, 5.74) is 0.543. The van der Waals surface area contributed by atoms with Crippen LogP contribution in [0.4, 0.5) is 0 Å². The molecule has 1 rings (SSSR count). The lowest BCUT2D eigenvalue weighted by molar-refractivity contribution is 0.265. The first-order valence-corrected chi connectivity index (χ1v) is 6.82. The minimum atomic E-state index is -3.46. The quantitative estimate of drug-likeness (QED) is 0.837. The van der Waals surface area contributed by atoms with E-state index in [0.29, 0.717) is 10.6 Å². The highest BCUT2D eigenvalue weighted by Gasteiger charge is 2.15. The molecule has 0 saturated heterocycles. The minimum Gasteiger partial charge on any atom is -0.395 e. The van der Waals surface area contributed by atoms with Crippen molar-refractivity contribution < 1.29 is 13.5 Å². The van der Waals surface area contributed by atoms with Crippen LogP contribution in [0, 0.1) is 0 Å². The van der Waals surface area contributed by atoms with E-state index in [1.54, 1.807) is 31.2 Å². The lowest BCUT2D eigenvalue weighted by atomic mass is 10.2. The standard InChI is InChI=1S/C10H14ClNO3S/c1-8(6-13)12-16(14,15)7-9-4-2-3-5-10(9)11/h2-5,8,12-13H,6-7H2,1H3/t8-/m0/s1. The number of hydrogen-bond acceptors (Lipinski definition) is 3.